The van der Waals surface area contributed by atoms with Gasteiger partial charge >= 0.3 is 0 Å². The van der Waals surface area contributed by atoms with E-state index in [1.165, 1.54) is 11.1 Å². The summed E-state index contributed by atoms with van der Waals surface area (Å²) in [7, 11) is 0. The van der Waals surface area contributed by atoms with Crippen molar-refractivity contribution in [1.29, 1.82) is 0 Å². The van der Waals surface area contributed by atoms with Crippen molar-refractivity contribution in [2.24, 2.45) is 0 Å². The van der Waals surface area contributed by atoms with E-state index in [-0.39, 0.29) is 6.10 Å². The molecule has 1 aromatic rings. The number of aryl methyl sites for hydroxylation is 1. The maximum atomic E-state index is 9.75. The molecular formula is C13H19ClO. The molecule has 0 fully saturated rings. The van der Waals surface area contributed by atoms with Gasteiger partial charge < -0.3 is 5.11 Å². The van der Waals surface area contributed by atoms with E-state index in [1.807, 2.05) is 26.0 Å². The van der Waals surface area contributed by atoms with Gasteiger partial charge in [-0.05, 0) is 55.0 Å². The van der Waals surface area contributed by atoms with Gasteiger partial charge in [-0.25, -0.2) is 0 Å². The Morgan fingerprint density at radius 3 is 2.67 bits per heavy atom. The van der Waals surface area contributed by atoms with Gasteiger partial charge in [0.25, 0.3) is 0 Å². The second-order valence-corrected chi connectivity index (χ2v) is 4.13. The highest BCUT2D eigenvalue weighted by Gasteiger charge is 2.19. The lowest BCUT2D eigenvalue weighted by atomic mass is 9.87. The third kappa shape index (κ3) is 2.73. The second kappa shape index (κ2) is 5.53. The van der Waals surface area contributed by atoms with Crippen molar-refractivity contribution in [2.75, 3.05) is 0 Å². The van der Waals surface area contributed by atoms with Gasteiger partial charge in [0.05, 0.1) is 6.10 Å². The molecule has 0 bridgehead atoms. The summed E-state index contributed by atoms with van der Waals surface area (Å²) in [5.74, 6) is 0. The van der Waals surface area contributed by atoms with E-state index < -0.39 is 0 Å². The standard InChI is InChI=1S/C11H13ClO.C2H6/c1-7-5-8(12)6-10-9(7)3-2-4-11(10)13;1-2/h5-6,11,13H,2-4H2,1H3;1-2H3. The first-order valence-corrected chi connectivity index (χ1v) is 6.03. The molecule has 1 N–H and O–H groups in total. The van der Waals surface area contributed by atoms with Crippen LogP contribution >= 0.6 is 11.6 Å². The Kier molecular flexibility index (Phi) is 4.62. The van der Waals surface area contributed by atoms with Crippen LogP contribution in [0.1, 0.15) is 49.5 Å². The number of hydrogen-bond acceptors (Lipinski definition) is 1. The Morgan fingerprint density at radius 2 is 2.00 bits per heavy atom. The van der Waals surface area contributed by atoms with E-state index in [0.29, 0.717) is 0 Å². The van der Waals surface area contributed by atoms with Gasteiger partial charge in [-0.2, -0.15) is 0 Å². The summed E-state index contributed by atoms with van der Waals surface area (Å²) in [6, 6.07) is 3.87. The van der Waals surface area contributed by atoms with Crippen LogP contribution in [0.2, 0.25) is 5.02 Å². The number of hydrogen-bond donors (Lipinski definition) is 1. The SMILES string of the molecule is CC.Cc1cc(Cl)cc2c1CCCC2O. The van der Waals surface area contributed by atoms with Crippen LogP contribution in [0.25, 0.3) is 0 Å². The number of aliphatic hydroxyl groups excluding tert-OH is 1. The van der Waals surface area contributed by atoms with Gasteiger partial charge in [-0.3, -0.25) is 0 Å². The smallest absolute Gasteiger partial charge is 0.0793 e. The first kappa shape index (κ1) is 12.5. The lowest BCUT2D eigenvalue weighted by molar-refractivity contribution is 0.156. The van der Waals surface area contributed by atoms with Gasteiger partial charge in [-0.1, -0.05) is 25.4 Å². The quantitative estimate of drug-likeness (QED) is 0.708. The predicted octanol–water partition coefficient (Wildman–Crippen LogP) is 4.04. The fourth-order valence-corrected chi connectivity index (χ4v) is 2.35. The van der Waals surface area contributed by atoms with Crippen LogP contribution in [0.3, 0.4) is 0 Å². The van der Waals surface area contributed by atoms with Crippen LogP contribution in [0, 0.1) is 6.92 Å². The molecule has 1 atom stereocenters. The molecule has 0 aliphatic heterocycles. The summed E-state index contributed by atoms with van der Waals surface area (Å²) in [4.78, 5) is 0. The molecular weight excluding hydrogens is 208 g/mol. The number of benzene rings is 1. The van der Waals surface area contributed by atoms with Crippen LogP contribution in [0.15, 0.2) is 12.1 Å². The molecule has 1 unspecified atom stereocenters. The summed E-state index contributed by atoms with van der Waals surface area (Å²) in [6.45, 7) is 6.06. The van der Waals surface area contributed by atoms with Crippen molar-refractivity contribution in [3.63, 3.8) is 0 Å². The van der Waals surface area contributed by atoms with Crippen LogP contribution in [0.4, 0.5) is 0 Å². The maximum Gasteiger partial charge on any atom is 0.0793 e. The summed E-state index contributed by atoms with van der Waals surface area (Å²) in [5.41, 5.74) is 3.54. The van der Waals surface area contributed by atoms with Crippen molar-refractivity contribution >= 4 is 11.6 Å². The lowest BCUT2D eigenvalue weighted by Gasteiger charge is -2.23. The van der Waals surface area contributed by atoms with E-state index in [2.05, 4.69) is 6.92 Å². The first-order chi connectivity index (χ1) is 7.18. The molecule has 1 aliphatic rings. The Labute approximate surface area is 97.1 Å². The zero-order chi connectivity index (χ0) is 11.4. The molecule has 2 rings (SSSR count). The zero-order valence-electron chi connectivity index (χ0n) is 9.68. The fraction of sp³-hybridized carbons (Fsp3) is 0.538. The van der Waals surface area contributed by atoms with Gasteiger partial charge in [0.2, 0.25) is 0 Å². The number of rotatable bonds is 0. The lowest BCUT2D eigenvalue weighted by Crippen LogP contribution is -2.10. The molecule has 15 heavy (non-hydrogen) atoms. The third-order valence-electron chi connectivity index (χ3n) is 2.74. The number of fused-ring (bicyclic) bond motifs is 1. The summed E-state index contributed by atoms with van der Waals surface area (Å²) in [5, 5.41) is 10.5. The molecule has 0 saturated carbocycles. The van der Waals surface area contributed by atoms with Crippen molar-refractivity contribution in [2.45, 2.75) is 46.1 Å². The highest BCUT2D eigenvalue weighted by molar-refractivity contribution is 6.30. The molecule has 1 aliphatic carbocycles. The normalized spacial score (nSPS) is 18.9. The molecule has 1 nitrogen and oxygen atoms in total. The topological polar surface area (TPSA) is 20.2 Å². The molecule has 0 radical (unpaired) electrons. The van der Waals surface area contributed by atoms with Crippen LogP contribution < -0.4 is 0 Å². The van der Waals surface area contributed by atoms with Crippen molar-refractivity contribution in [3.05, 3.63) is 33.8 Å². The predicted molar refractivity (Wildman–Crippen MR) is 65.4 cm³/mol. The fourth-order valence-electron chi connectivity index (χ4n) is 2.07. The third-order valence-corrected chi connectivity index (χ3v) is 2.95. The summed E-state index contributed by atoms with van der Waals surface area (Å²) >= 11 is 5.94. The zero-order valence-corrected chi connectivity index (χ0v) is 10.4. The Hall–Kier alpha value is -0.530. The minimum absolute atomic E-state index is 0.304. The maximum absolute atomic E-state index is 9.75. The number of aliphatic hydroxyl groups is 1. The largest absolute Gasteiger partial charge is 0.388 e. The molecule has 2 heteroatoms. The first-order valence-electron chi connectivity index (χ1n) is 5.65. The van der Waals surface area contributed by atoms with Gasteiger partial charge in [0.15, 0.2) is 0 Å². The minimum Gasteiger partial charge on any atom is -0.388 e. The second-order valence-electron chi connectivity index (χ2n) is 3.70. The molecule has 84 valence electrons. The van der Waals surface area contributed by atoms with Crippen LogP contribution in [-0.4, -0.2) is 5.11 Å². The molecule has 0 heterocycles. The summed E-state index contributed by atoms with van der Waals surface area (Å²) < 4.78 is 0. The average Bonchev–Trinajstić information content (AvgIpc) is 2.23. The Balaban J connectivity index is 0.000000531. The van der Waals surface area contributed by atoms with Crippen LogP contribution in [0.5, 0.6) is 0 Å². The van der Waals surface area contributed by atoms with Gasteiger partial charge in [0.1, 0.15) is 0 Å². The Bertz CT molecular complexity index is 334. The van der Waals surface area contributed by atoms with Crippen molar-refractivity contribution in [3.8, 4) is 0 Å². The monoisotopic (exact) mass is 226 g/mol. The highest BCUT2D eigenvalue weighted by atomic mass is 35.5. The molecule has 0 aromatic heterocycles. The summed E-state index contributed by atoms with van der Waals surface area (Å²) in [6.07, 6.45) is 2.72. The van der Waals surface area contributed by atoms with E-state index >= 15 is 0 Å². The molecule has 0 amide bonds. The molecule has 1 aromatic carbocycles. The van der Waals surface area contributed by atoms with Gasteiger partial charge in [0, 0.05) is 5.02 Å². The van der Waals surface area contributed by atoms with E-state index in [9.17, 15) is 5.11 Å². The average molecular weight is 227 g/mol. The molecule has 0 spiro atoms. The van der Waals surface area contributed by atoms with E-state index in [0.717, 1.165) is 29.8 Å². The Morgan fingerprint density at radius 1 is 1.33 bits per heavy atom. The van der Waals surface area contributed by atoms with Gasteiger partial charge in [-0.15, -0.1) is 0 Å². The van der Waals surface area contributed by atoms with E-state index in [4.69, 9.17) is 11.6 Å². The number of halogens is 1. The van der Waals surface area contributed by atoms with Crippen LogP contribution in [-0.2, 0) is 6.42 Å². The van der Waals surface area contributed by atoms with Crippen molar-refractivity contribution < 1.29 is 5.11 Å². The van der Waals surface area contributed by atoms with Crippen molar-refractivity contribution in [1.82, 2.24) is 0 Å². The highest BCUT2D eigenvalue weighted by Crippen LogP contribution is 2.33. The van der Waals surface area contributed by atoms with E-state index in [1.54, 1.807) is 0 Å². The minimum atomic E-state index is -0.304. The molecule has 0 saturated heterocycles.